The molecule has 1 aliphatic rings. The number of thioether (sulfide) groups is 1. The number of carbonyl (C=O) groups is 2. The number of benzene rings is 4. The third-order valence-electron chi connectivity index (χ3n) is 7.65. The van der Waals surface area contributed by atoms with Crippen molar-refractivity contribution < 1.29 is 19.1 Å². The van der Waals surface area contributed by atoms with Crippen molar-refractivity contribution >= 4 is 29.3 Å². The predicted octanol–water partition coefficient (Wildman–Crippen LogP) is 5.75. The fourth-order valence-corrected chi connectivity index (χ4v) is 6.00. The van der Waals surface area contributed by atoms with E-state index in [1.165, 1.54) is 11.8 Å². The summed E-state index contributed by atoms with van der Waals surface area (Å²) in [7, 11) is 1.63. The molecule has 238 valence electrons. The lowest BCUT2D eigenvalue weighted by molar-refractivity contribution is -0.130. The molecule has 0 saturated heterocycles. The van der Waals surface area contributed by atoms with E-state index in [0.29, 0.717) is 23.2 Å². The standard InChI is InChI=1S/C36H34N6O4S/c1-25-13-15-27(16-14-25)32-21-31(26-17-19-29(45-2)20-18-26)40-42(32)35(44)24-47-36-39-38-33(41(36)28-9-5-3-6-10-28)22-37-34(43)23-46-30-11-7-4-8-12-30/h3-20,32H,21-24H2,1-2H3,(H,37,43). The maximum Gasteiger partial charge on any atom is 0.258 e. The number of nitrogens with zero attached hydrogens (tertiary/aromatic N) is 5. The number of ether oxygens (including phenoxy) is 2. The number of para-hydroxylation sites is 2. The predicted molar refractivity (Wildman–Crippen MR) is 181 cm³/mol. The van der Waals surface area contributed by atoms with Gasteiger partial charge >= 0.3 is 0 Å². The Morgan fingerprint density at radius 3 is 2.28 bits per heavy atom. The topological polar surface area (TPSA) is 111 Å². The number of hydrogen-bond donors (Lipinski definition) is 1. The minimum atomic E-state index is -0.289. The molecule has 6 rings (SSSR count). The van der Waals surface area contributed by atoms with Crippen molar-refractivity contribution in [1.29, 1.82) is 0 Å². The van der Waals surface area contributed by atoms with Crippen LogP contribution in [0.3, 0.4) is 0 Å². The van der Waals surface area contributed by atoms with Gasteiger partial charge in [-0.25, -0.2) is 5.01 Å². The van der Waals surface area contributed by atoms with Crippen molar-refractivity contribution in [2.45, 2.75) is 31.1 Å². The summed E-state index contributed by atoms with van der Waals surface area (Å²) in [4.78, 5) is 26.4. The number of methoxy groups -OCH3 is 1. The highest BCUT2D eigenvalue weighted by atomic mass is 32.2. The molecule has 0 spiro atoms. The van der Waals surface area contributed by atoms with Gasteiger partial charge in [-0.05, 0) is 66.6 Å². The quantitative estimate of drug-likeness (QED) is 0.172. The second kappa shape index (κ2) is 14.8. The molecule has 1 unspecified atom stereocenters. The number of amides is 2. The first-order valence-corrected chi connectivity index (χ1v) is 16.1. The van der Waals surface area contributed by atoms with Crippen molar-refractivity contribution in [1.82, 2.24) is 25.1 Å². The summed E-state index contributed by atoms with van der Waals surface area (Å²) in [6.45, 7) is 2.04. The summed E-state index contributed by atoms with van der Waals surface area (Å²) in [6, 6.07) is 34.4. The van der Waals surface area contributed by atoms with Gasteiger partial charge in [0, 0.05) is 12.1 Å². The lowest BCUT2D eigenvalue weighted by Gasteiger charge is -2.22. The third kappa shape index (κ3) is 7.70. The van der Waals surface area contributed by atoms with Crippen LogP contribution in [0.1, 0.15) is 35.0 Å². The Morgan fingerprint density at radius 1 is 0.872 bits per heavy atom. The van der Waals surface area contributed by atoms with Gasteiger partial charge in [0.2, 0.25) is 0 Å². The molecule has 0 saturated carbocycles. The van der Waals surface area contributed by atoms with Gasteiger partial charge < -0.3 is 14.8 Å². The Bertz CT molecular complexity index is 1840. The molecule has 2 heterocycles. The Balaban J connectivity index is 1.18. The smallest absolute Gasteiger partial charge is 0.258 e. The number of carbonyl (C=O) groups excluding carboxylic acids is 2. The molecule has 1 aliphatic heterocycles. The minimum Gasteiger partial charge on any atom is -0.497 e. The summed E-state index contributed by atoms with van der Waals surface area (Å²) in [5, 5.41) is 18.6. The summed E-state index contributed by atoms with van der Waals surface area (Å²) in [5.74, 6) is 1.54. The molecular formula is C36H34N6O4S. The van der Waals surface area contributed by atoms with E-state index in [-0.39, 0.29) is 36.8 Å². The number of hydrazone groups is 1. The fraction of sp³-hybridized carbons (Fsp3) is 0.194. The van der Waals surface area contributed by atoms with E-state index in [9.17, 15) is 9.59 Å². The normalized spacial score (nSPS) is 14.0. The van der Waals surface area contributed by atoms with Crippen LogP contribution in [-0.4, -0.2) is 56.8 Å². The highest BCUT2D eigenvalue weighted by Gasteiger charge is 2.33. The van der Waals surface area contributed by atoms with Crippen LogP contribution in [0.25, 0.3) is 5.69 Å². The number of hydrogen-bond acceptors (Lipinski definition) is 8. The van der Waals surface area contributed by atoms with E-state index in [4.69, 9.17) is 14.6 Å². The maximum atomic E-state index is 13.9. The zero-order valence-electron chi connectivity index (χ0n) is 26.1. The second-order valence-electron chi connectivity index (χ2n) is 10.9. The fourth-order valence-electron chi connectivity index (χ4n) is 5.18. The van der Waals surface area contributed by atoms with Gasteiger partial charge in [-0.1, -0.05) is 78.0 Å². The lowest BCUT2D eigenvalue weighted by atomic mass is 9.97. The Morgan fingerprint density at radius 2 is 1.57 bits per heavy atom. The Hall–Kier alpha value is -5.42. The summed E-state index contributed by atoms with van der Waals surface area (Å²) >= 11 is 1.28. The zero-order chi connectivity index (χ0) is 32.6. The SMILES string of the molecule is COc1ccc(C2=NN(C(=O)CSc3nnc(CNC(=O)COc4ccccc4)n3-c3ccccc3)C(c3ccc(C)cc3)C2)cc1. The monoisotopic (exact) mass is 646 g/mol. The number of nitrogens with one attached hydrogen (secondary N) is 1. The molecule has 1 atom stereocenters. The van der Waals surface area contributed by atoms with Gasteiger partial charge in [-0.3, -0.25) is 14.2 Å². The van der Waals surface area contributed by atoms with Crippen molar-refractivity contribution in [2.24, 2.45) is 5.10 Å². The molecule has 0 fully saturated rings. The van der Waals surface area contributed by atoms with Gasteiger partial charge in [-0.2, -0.15) is 5.10 Å². The maximum absolute atomic E-state index is 13.9. The molecule has 2 amide bonds. The molecule has 10 nitrogen and oxygen atoms in total. The molecule has 47 heavy (non-hydrogen) atoms. The van der Waals surface area contributed by atoms with E-state index < -0.39 is 0 Å². The van der Waals surface area contributed by atoms with Gasteiger partial charge in [-0.15, -0.1) is 10.2 Å². The zero-order valence-corrected chi connectivity index (χ0v) is 26.9. The average Bonchev–Trinajstić information content (AvgIpc) is 3.75. The van der Waals surface area contributed by atoms with Crippen LogP contribution in [0.2, 0.25) is 0 Å². The Labute approximate surface area is 277 Å². The first kappa shape index (κ1) is 31.6. The molecule has 0 radical (unpaired) electrons. The van der Waals surface area contributed by atoms with E-state index in [2.05, 4.69) is 39.8 Å². The van der Waals surface area contributed by atoms with Crippen molar-refractivity contribution in [3.8, 4) is 17.2 Å². The first-order chi connectivity index (χ1) is 23.0. The van der Waals surface area contributed by atoms with Crippen molar-refractivity contribution in [3.63, 3.8) is 0 Å². The van der Waals surface area contributed by atoms with E-state index in [1.807, 2.05) is 84.3 Å². The molecular weight excluding hydrogens is 613 g/mol. The highest BCUT2D eigenvalue weighted by molar-refractivity contribution is 7.99. The molecule has 5 aromatic rings. The van der Waals surface area contributed by atoms with Crippen LogP contribution < -0.4 is 14.8 Å². The number of rotatable bonds is 12. The van der Waals surface area contributed by atoms with Crippen LogP contribution in [0.15, 0.2) is 119 Å². The first-order valence-electron chi connectivity index (χ1n) is 15.2. The summed E-state index contributed by atoms with van der Waals surface area (Å²) < 4.78 is 12.7. The minimum absolute atomic E-state index is 0.0873. The lowest BCUT2D eigenvalue weighted by Crippen LogP contribution is -2.29. The average molecular weight is 647 g/mol. The number of aryl methyl sites for hydroxylation is 1. The van der Waals surface area contributed by atoms with Crippen LogP contribution in [0.4, 0.5) is 0 Å². The molecule has 1 N–H and O–H groups in total. The molecule has 4 aromatic carbocycles. The Kier molecular flexibility index (Phi) is 9.93. The van der Waals surface area contributed by atoms with Gasteiger partial charge in [0.25, 0.3) is 11.8 Å². The van der Waals surface area contributed by atoms with Crippen LogP contribution >= 0.6 is 11.8 Å². The van der Waals surface area contributed by atoms with Gasteiger partial charge in [0.15, 0.2) is 17.6 Å². The van der Waals surface area contributed by atoms with Crippen LogP contribution in [0.5, 0.6) is 11.5 Å². The highest BCUT2D eigenvalue weighted by Crippen LogP contribution is 2.34. The van der Waals surface area contributed by atoms with Crippen LogP contribution in [0, 0.1) is 6.92 Å². The summed E-state index contributed by atoms with van der Waals surface area (Å²) in [6.07, 6.45) is 0.587. The largest absolute Gasteiger partial charge is 0.497 e. The second-order valence-corrected chi connectivity index (χ2v) is 11.8. The molecule has 1 aromatic heterocycles. The van der Waals surface area contributed by atoms with E-state index in [1.54, 1.807) is 24.3 Å². The number of aromatic nitrogens is 3. The summed E-state index contributed by atoms with van der Waals surface area (Å²) in [5.41, 5.74) is 4.75. The van der Waals surface area contributed by atoms with E-state index >= 15 is 0 Å². The molecule has 0 bridgehead atoms. The van der Waals surface area contributed by atoms with Crippen LogP contribution in [-0.2, 0) is 16.1 Å². The van der Waals surface area contributed by atoms with E-state index in [0.717, 1.165) is 33.8 Å². The third-order valence-corrected chi connectivity index (χ3v) is 8.56. The van der Waals surface area contributed by atoms with Gasteiger partial charge in [0.05, 0.1) is 31.2 Å². The van der Waals surface area contributed by atoms with Gasteiger partial charge in [0.1, 0.15) is 11.5 Å². The molecule has 0 aliphatic carbocycles. The molecule has 11 heteroatoms. The van der Waals surface area contributed by atoms with Crippen molar-refractivity contribution in [3.05, 3.63) is 132 Å². The van der Waals surface area contributed by atoms with Crippen molar-refractivity contribution in [2.75, 3.05) is 19.5 Å².